The summed E-state index contributed by atoms with van der Waals surface area (Å²) in [5.74, 6) is 0. The van der Waals surface area contributed by atoms with E-state index in [9.17, 15) is 0 Å². The predicted octanol–water partition coefficient (Wildman–Crippen LogP) is 18.6. The summed E-state index contributed by atoms with van der Waals surface area (Å²) in [7, 11) is 2.12. The second-order valence-electron chi connectivity index (χ2n) is 18.2. The number of hydrogen-bond donors (Lipinski definition) is 0. The maximum Gasteiger partial charge on any atom is 0.0541 e. The number of hydrogen-bond acceptors (Lipinski definition) is 1. The van der Waals surface area contributed by atoms with Crippen LogP contribution in [0.15, 0.2) is 273 Å². The lowest BCUT2D eigenvalue weighted by Gasteiger charge is -2.26. The molecule has 0 radical (unpaired) electrons. The van der Waals surface area contributed by atoms with E-state index in [4.69, 9.17) is 0 Å². The number of anilines is 3. The molecule has 0 unspecified atom stereocenters. The molecule has 2 aromatic heterocycles. The number of rotatable bonds is 8. The first-order valence-corrected chi connectivity index (χ1v) is 24.4. The molecule has 0 atom stereocenters. The molecule has 11 aromatic carbocycles. The van der Waals surface area contributed by atoms with Crippen molar-refractivity contribution in [2.45, 2.75) is 6.92 Å². The highest BCUT2D eigenvalue weighted by atomic mass is 15.1. The van der Waals surface area contributed by atoms with Crippen LogP contribution in [0, 0.1) is 6.92 Å². The SMILES string of the molecule is Cc1ccc(-c2ccc(N(c3ccc(-c4ccccc4-c4ccccc4)cc3)c3ccc(-c4ccccc4-n4c5ccccc5c5ccccc54)cc3)cc2)cc1.Cn1c2ccccc2c2ccccc21. The molecule has 0 fully saturated rings. The lowest BCUT2D eigenvalue weighted by Crippen LogP contribution is -2.10. The van der Waals surface area contributed by atoms with Crippen LogP contribution in [-0.4, -0.2) is 9.13 Å². The van der Waals surface area contributed by atoms with E-state index in [1.54, 1.807) is 0 Å². The van der Waals surface area contributed by atoms with Crippen molar-refractivity contribution < 1.29 is 0 Å². The van der Waals surface area contributed by atoms with Crippen LogP contribution in [0.3, 0.4) is 0 Å². The van der Waals surface area contributed by atoms with Gasteiger partial charge in [0.25, 0.3) is 0 Å². The first-order valence-electron chi connectivity index (χ1n) is 24.4. The molecule has 0 amide bonds. The zero-order valence-electron chi connectivity index (χ0n) is 39.8. The standard InChI is InChI=1S/C55H40N2.C13H11N/c1-39-23-25-40(26-24-39)41-27-33-45(34-28-41)56(46-35-29-43(30-36-46)49-16-6-5-15-48(49)42-13-3-2-4-14-42)47-37-31-44(32-38-47)50-17-7-10-20-53(50)57-54-21-11-8-18-51(54)52-19-9-12-22-55(52)57;1-14-12-8-4-2-6-10(12)11-7-3-5-9-13(11)14/h2-38H,1H3;2-9H,1H3. The molecule has 3 nitrogen and oxygen atoms in total. The normalized spacial score (nSPS) is 11.2. The van der Waals surface area contributed by atoms with Crippen LogP contribution < -0.4 is 4.90 Å². The topological polar surface area (TPSA) is 13.1 Å². The van der Waals surface area contributed by atoms with Crippen molar-refractivity contribution >= 4 is 60.7 Å². The van der Waals surface area contributed by atoms with Gasteiger partial charge in [0.05, 0.1) is 16.7 Å². The molecule has 2 heterocycles. The van der Waals surface area contributed by atoms with Crippen molar-refractivity contribution in [3.05, 3.63) is 279 Å². The van der Waals surface area contributed by atoms with E-state index in [2.05, 4.69) is 301 Å². The predicted molar refractivity (Wildman–Crippen MR) is 302 cm³/mol. The van der Waals surface area contributed by atoms with E-state index < -0.39 is 0 Å². The van der Waals surface area contributed by atoms with Crippen molar-refractivity contribution in [1.82, 2.24) is 9.13 Å². The Hall–Kier alpha value is -9.18. The maximum atomic E-state index is 2.41. The van der Waals surface area contributed by atoms with Crippen LogP contribution in [-0.2, 0) is 7.05 Å². The molecule has 0 aliphatic heterocycles. The average molecular weight is 910 g/mol. The van der Waals surface area contributed by atoms with Crippen LogP contribution >= 0.6 is 0 Å². The largest absolute Gasteiger partial charge is 0.344 e. The third kappa shape index (κ3) is 8.14. The van der Waals surface area contributed by atoms with E-state index in [0.717, 1.165) is 22.7 Å². The molecular formula is C68H51N3. The Labute approximate surface area is 415 Å². The van der Waals surface area contributed by atoms with Gasteiger partial charge in [-0.15, -0.1) is 0 Å². The molecule has 338 valence electrons. The summed E-state index contributed by atoms with van der Waals surface area (Å²) in [5.41, 5.74) is 20.3. The molecule has 13 rings (SSSR count). The summed E-state index contributed by atoms with van der Waals surface area (Å²) < 4.78 is 4.65. The minimum absolute atomic E-state index is 1.09. The second-order valence-corrected chi connectivity index (χ2v) is 18.2. The summed E-state index contributed by atoms with van der Waals surface area (Å²) in [4.78, 5) is 2.36. The second kappa shape index (κ2) is 18.7. The molecule has 3 heteroatoms. The quantitative estimate of drug-likeness (QED) is 0.148. The van der Waals surface area contributed by atoms with Gasteiger partial charge in [0.2, 0.25) is 0 Å². The Morgan fingerprint density at radius 3 is 1.07 bits per heavy atom. The Morgan fingerprint density at radius 1 is 0.268 bits per heavy atom. The highest BCUT2D eigenvalue weighted by molar-refractivity contribution is 6.10. The van der Waals surface area contributed by atoms with Crippen LogP contribution in [0.1, 0.15) is 5.56 Å². The average Bonchev–Trinajstić information content (AvgIpc) is 3.93. The molecule has 71 heavy (non-hydrogen) atoms. The van der Waals surface area contributed by atoms with Gasteiger partial charge in [-0.1, -0.05) is 212 Å². The number of benzene rings is 11. The van der Waals surface area contributed by atoms with Gasteiger partial charge in [0, 0.05) is 62.3 Å². The molecule has 0 spiro atoms. The van der Waals surface area contributed by atoms with E-state index in [-0.39, 0.29) is 0 Å². The summed E-state index contributed by atoms with van der Waals surface area (Å²) in [6.07, 6.45) is 0. The van der Waals surface area contributed by atoms with Crippen LogP contribution in [0.25, 0.3) is 93.8 Å². The van der Waals surface area contributed by atoms with Gasteiger partial charge in [-0.3, -0.25) is 0 Å². The van der Waals surface area contributed by atoms with Gasteiger partial charge >= 0.3 is 0 Å². The van der Waals surface area contributed by atoms with Crippen molar-refractivity contribution in [3.63, 3.8) is 0 Å². The zero-order valence-corrected chi connectivity index (χ0v) is 39.8. The van der Waals surface area contributed by atoms with Gasteiger partial charge in [0.1, 0.15) is 0 Å². The highest BCUT2D eigenvalue weighted by Crippen LogP contribution is 2.41. The van der Waals surface area contributed by atoms with Crippen LogP contribution in [0.5, 0.6) is 0 Å². The number of fused-ring (bicyclic) bond motifs is 6. The van der Waals surface area contributed by atoms with Gasteiger partial charge < -0.3 is 14.0 Å². The number of aromatic nitrogens is 2. The third-order valence-corrected chi connectivity index (χ3v) is 13.9. The number of aryl methyl sites for hydroxylation is 2. The highest BCUT2D eigenvalue weighted by Gasteiger charge is 2.18. The fourth-order valence-corrected chi connectivity index (χ4v) is 10.4. The van der Waals surface area contributed by atoms with E-state index in [0.29, 0.717) is 0 Å². The van der Waals surface area contributed by atoms with Crippen molar-refractivity contribution in [2.24, 2.45) is 7.05 Å². The first-order chi connectivity index (χ1) is 35.1. The van der Waals surface area contributed by atoms with E-state index >= 15 is 0 Å². The Bertz CT molecular complexity index is 3870. The molecule has 0 bridgehead atoms. The van der Waals surface area contributed by atoms with Crippen molar-refractivity contribution in [2.75, 3.05) is 4.90 Å². The van der Waals surface area contributed by atoms with Gasteiger partial charge in [-0.2, -0.15) is 0 Å². The number of para-hydroxylation sites is 5. The van der Waals surface area contributed by atoms with Gasteiger partial charge in [0.15, 0.2) is 0 Å². The first kappa shape index (κ1) is 43.1. The summed E-state index contributed by atoms with van der Waals surface area (Å²) in [5, 5.41) is 5.20. The smallest absolute Gasteiger partial charge is 0.0541 e. The molecule has 0 saturated heterocycles. The molecule has 13 aromatic rings. The van der Waals surface area contributed by atoms with Gasteiger partial charge in [-0.05, 0) is 113 Å². The van der Waals surface area contributed by atoms with Crippen LogP contribution in [0.4, 0.5) is 17.1 Å². The van der Waals surface area contributed by atoms with Crippen LogP contribution in [0.2, 0.25) is 0 Å². The monoisotopic (exact) mass is 909 g/mol. The molecule has 0 saturated carbocycles. The molecule has 0 aliphatic carbocycles. The van der Waals surface area contributed by atoms with E-state index in [1.165, 1.54) is 93.7 Å². The summed E-state index contributed by atoms with van der Waals surface area (Å²) >= 11 is 0. The van der Waals surface area contributed by atoms with Gasteiger partial charge in [-0.25, -0.2) is 0 Å². The fourth-order valence-electron chi connectivity index (χ4n) is 10.4. The van der Waals surface area contributed by atoms with Crippen molar-refractivity contribution in [3.8, 4) is 50.2 Å². The molecule has 0 N–H and O–H groups in total. The Balaban J connectivity index is 0.000000315. The molecule has 0 aliphatic rings. The van der Waals surface area contributed by atoms with E-state index in [1.807, 2.05) is 0 Å². The lowest BCUT2D eigenvalue weighted by atomic mass is 9.94. The summed E-state index contributed by atoms with van der Waals surface area (Å²) in [6.45, 7) is 2.13. The lowest BCUT2D eigenvalue weighted by molar-refractivity contribution is 1.01. The number of nitrogens with zero attached hydrogens (tertiary/aromatic N) is 3. The fraction of sp³-hybridized carbons (Fsp3) is 0.0294. The minimum atomic E-state index is 1.09. The van der Waals surface area contributed by atoms with Crippen molar-refractivity contribution in [1.29, 1.82) is 0 Å². The minimum Gasteiger partial charge on any atom is -0.344 e. The zero-order chi connectivity index (χ0) is 47.7. The summed E-state index contributed by atoms with van der Waals surface area (Å²) in [6, 6.07) is 98.2. The Kier molecular flexibility index (Phi) is 11.4. The third-order valence-electron chi connectivity index (χ3n) is 13.9. The Morgan fingerprint density at radius 2 is 0.592 bits per heavy atom. The maximum absolute atomic E-state index is 2.41. The molecular weight excluding hydrogens is 859 g/mol.